The van der Waals surface area contributed by atoms with E-state index >= 15 is 0 Å². The monoisotopic (exact) mass is 413 g/mol. The number of nitrogens with one attached hydrogen (secondary N) is 2. The number of hydrogen-bond donors (Lipinski definition) is 2. The van der Waals surface area contributed by atoms with E-state index in [9.17, 15) is 14.9 Å². The second-order valence-electron chi connectivity index (χ2n) is 6.92. The predicted molar refractivity (Wildman–Crippen MR) is 112 cm³/mol. The van der Waals surface area contributed by atoms with Gasteiger partial charge in [0.05, 0.1) is 4.92 Å². The number of piperazine rings is 1. The topological polar surface area (TPSA) is 104 Å². The summed E-state index contributed by atoms with van der Waals surface area (Å²) in [6.07, 6.45) is 1.53. The molecule has 9 nitrogen and oxygen atoms in total. The van der Waals surface area contributed by atoms with Gasteiger partial charge in [0.1, 0.15) is 22.9 Å². The summed E-state index contributed by atoms with van der Waals surface area (Å²) in [7, 11) is 2.04. The third kappa shape index (κ3) is 3.98. The van der Waals surface area contributed by atoms with Crippen molar-refractivity contribution in [2.45, 2.75) is 0 Å². The molecule has 0 atom stereocenters. The van der Waals surface area contributed by atoms with Crippen LogP contribution in [0.3, 0.4) is 0 Å². The third-order valence-electron chi connectivity index (χ3n) is 4.93. The molecule has 0 bridgehead atoms. The Morgan fingerprint density at radius 2 is 1.93 bits per heavy atom. The maximum absolute atomic E-state index is 11.7. The molecule has 0 saturated carbocycles. The van der Waals surface area contributed by atoms with Crippen molar-refractivity contribution in [3.8, 4) is 11.3 Å². The van der Waals surface area contributed by atoms with Crippen LogP contribution in [-0.4, -0.2) is 54.1 Å². The fourth-order valence-corrected chi connectivity index (χ4v) is 3.55. The molecule has 29 heavy (non-hydrogen) atoms. The summed E-state index contributed by atoms with van der Waals surface area (Å²) in [5, 5.41) is 17.1. The Hall–Kier alpha value is -3.24. The summed E-state index contributed by atoms with van der Waals surface area (Å²) in [6, 6.07) is 8.51. The Morgan fingerprint density at radius 1 is 1.17 bits per heavy atom. The molecule has 2 N–H and O–H groups in total. The minimum Gasteiger partial charge on any atom is -0.457 e. The van der Waals surface area contributed by atoms with Crippen molar-refractivity contribution in [1.29, 1.82) is 0 Å². The summed E-state index contributed by atoms with van der Waals surface area (Å²) < 4.78 is 5.77. The van der Waals surface area contributed by atoms with Crippen LogP contribution in [0.2, 0.25) is 0 Å². The predicted octanol–water partition coefficient (Wildman–Crippen LogP) is 1.95. The molecule has 4 rings (SSSR count). The van der Waals surface area contributed by atoms with Gasteiger partial charge in [-0.1, -0.05) is 0 Å². The lowest BCUT2D eigenvalue weighted by Gasteiger charge is -2.33. The molecule has 3 heterocycles. The molecule has 0 aliphatic carbocycles. The Labute approximate surface area is 172 Å². The van der Waals surface area contributed by atoms with Gasteiger partial charge in [0.25, 0.3) is 11.6 Å². The summed E-state index contributed by atoms with van der Waals surface area (Å²) in [4.78, 5) is 27.3. The second-order valence-corrected chi connectivity index (χ2v) is 7.33. The smallest absolute Gasteiger partial charge is 0.293 e. The lowest BCUT2D eigenvalue weighted by atomic mass is 10.1. The highest BCUT2D eigenvalue weighted by Crippen LogP contribution is 2.34. The number of furan rings is 1. The van der Waals surface area contributed by atoms with E-state index in [4.69, 9.17) is 16.6 Å². The van der Waals surface area contributed by atoms with Crippen LogP contribution in [-0.2, 0) is 4.79 Å². The number of nitro benzene ring substituents is 1. The van der Waals surface area contributed by atoms with Crippen LogP contribution < -0.4 is 15.5 Å². The van der Waals surface area contributed by atoms with Gasteiger partial charge in [-0.2, -0.15) is 0 Å². The van der Waals surface area contributed by atoms with Gasteiger partial charge >= 0.3 is 0 Å². The summed E-state index contributed by atoms with van der Waals surface area (Å²) in [5.41, 5.74) is 1.54. The summed E-state index contributed by atoms with van der Waals surface area (Å²) in [5.74, 6) is 0.583. The van der Waals surface area contributed by atoms with Crippen LogP contribution in [0.15, 0.2) is 40.4 Å². The molecule has 2 fully saturated rings. The number of rotatable bonds is 4. The minimum absolute atomic E-state index is 0.0468. The first kappa shape index (κ1) is 19.1. The van der Waals surface area contributed by atoms with Crippen LogP contribution in [0, 0.1) is 10.1 Å². The van der Waals surface area contributed by atoms with Crippen molar-refractivity contribution < 1.29 is 14.1 Å². The quantitative estimate of drug-likeness (QED) is 0.339. The number of nitrogens with zero attached hydrogens (tertiary/aromatic N) is 3. The highest BCUT2D eigenvalue weighted by atomic mass is 32.1. The van der Waals surface area contributed by atoms with Gasteiger partial charge < -0.3 is 19.5 Å². The summed E-state index contributed by atoms with van der Waals surface area (Å²) >= 11 is 4.90. The highest BCUT2D eigenvalue weighted by Gasteiger charge is 2.24. The highest BCUT2D eigenvalue weighted by molar-refractivity contribution is 7.80. The molecule has 2 aliphatic heterocycles. The van der Waals surface area contributed by atoms with Crippen molar-refractivity contribution in [3.05, 3.63) is 51.9 Å². The molecule has 0 radical (unpaired) electrons. The Bertz CT molecular complexity index is 1020. The summed E-state index contributed by atoms with van der Waals surface area (Å²) in [6.45, 7) is 3.21. The third-order valence-corrected chi connectivity index (χ3v) is 5.14. The van der Waals surface area contributed by atoms with E-state index in [0.717, 1.165) is 26.2 Å². The average Bonchev–Trinajstić information content (AvgIpc) is 3.28. The molecule has 0 unspecified atom stereocenters. The van der Waals surface area contributed by atoms with E-state index in [1.807, 2.05) is 18.0 Å². The zero-order valence-corrected chi connectivity index (χ0v) is 16.5. The maximum atomic E-state index is 11.7. The molecule has 150 valence electrons. The van der Waals surface area contributed by atoms with Crippen LogP contribution in [0.5, 0.6) is 0 Å². The van der Waals surface area contributed by atoms with E-state index in [1.165, 1.54) is 12.1 Å². The molecular formula is C19H19N5O4S. The van der Waals surface area contributed by atoms with Gasteiger partial charge in [-0.25, -0.2) is 0 Å². The minimum atomic E-state index is -0.364. The zero-order chi connectivity index (χ0) is 20.5. The van der Waals surface area contributed by atoms with E-state index in [1.54, 1.807) is 18.2 Å². The molecular weight excluding hydrogens is 394 g/mol. The second kappa shape index (κ2) is 7.64. The maximum Gasteiger partial charge on any atom is 0.293 e. The first-order chi connectivity index (χ1) is 13.9. The van der Waals surface area contributed by atoms with Gasteiger partial charge in [0, 0.05) is 43.9 Å². The molecule has 10 heteroatoms. The van der Waals surface area contributed by atoms with Crippen molar-refractivity contribution in [3.63, 3.8) is 0 Å². The average molecular weight is 413 g/mol. The van der Waals surface area contributed by atoms with E-state index in [0.29, 0.717) is 22.8 Å². The molecule has 2 aliphatic rings. The molecule has 0 spiro atoms. The molecule has 1 aromatic carbocycles. The zero-order valence-electron chi connectivity index (χ0n) is 15.7. The number of carbonyl (C=O) groups excluding carboxylic acids is 1. The first-order valence-electron chi connectivity index (χ1n) is 9.07. The fraction of sp³-hybridized carbons (Fsp3) is 0.263. The standard InChI is InChI=1S/C19H19N5O4S/c1-22-6-8-23(9-7-22)15-4-2-12(10-16(15)24(26)27)17-5-3-13(28-17)11-14-18(25)21-19(29)20-14/h2-5,10-11H,6-9H2,1H3,(H2,20,21,25,29)/b14-11-. The number of benzene rings is 1. The van der Waals surface area contributed by atoms with Gasteiger partial charge in [-0.3, -0.25) is 20.2 Å². The number of anilines is 1. The van der Waals surface area contributed by atoms with Crippen LogP contribution in [0.1, 0.15) is 5.76 Å². The normalized spacial score (nSPS) is 18.8. The van der Waals surface area contributed by atoms with Crippen LogP contribution >= 0.6 is 12.2 Å². The Kier molecular flexibility index (Phi) is 5.03. The Balaban J connectivity index is 1.61. The molecule has 1 amide bonds. The first-order valence-corrected chi connectivity index (χ1v) is 9.48. The largest absolute Gasteiger partial charge is 0.457 e. The van der Waals surface area contributed by atoms with Gasteiger partial charge in [0.2, 0.25) is 0 Å². The van der Waals surface area contributed by atoms with Crippen molar-refractivity contribution >= 4 is 40.7 Å². The van der Waals surface area contributed by atoms with E-state index in [-0.39, 0.29) is 27.3 Å². The van der Waals surface area contributed by atoms with Gasteiger partial charge in [-0.15, -0.1) is 0 Å². The fourth-order valence-electron chi connectivity index (χ4n) is 3.35. The lowest BCUT2D eigenvalue weighted by molar-refractivity contribution is -0.384. The van der Waals surface area contributed by atoms with Crippen LogP contribution in [0.4, 0.5) is 11.4 Å². The van der Waals surface area contributed by atoms with Crippen molar-refractivity contribution in [2.75, 3.05) is 38.1 Å². The Morgan fingerprint density at radius 3 is 2.59 bits per heavy atom. The number of likely N-dealkylation sites (N-methyl/N-ethyl adjacent to an activating group) is 1. The molecule has 2 aromatic rings. The SMILES string of the molecule is CN1CCN(c2ccc(-c3ccc(/C=C4\NC(=S)NC4=O)o3)cc2[N+](=O)[O-])CC1. The van der Waals surface area contributed by atoms with Crippen LogP contribution in [0.25, 0.3) is 17.4 Å². The van der Waals surface area contributed by atoms with E-state index in [2.05, 4.69) is 15.5 Å². The lowest BCUT2D eigenvalue weighted by Crippen LogP contribution is -2.44. The number of nitro groups is 1. The molecule has 1 aromatic heterocycles. The number of amides is 1. The number of hydrogen-bond acceptors (Lipinski definition) is 7. The molecule has 2 saturated heterocycles. The van der Waals surface area contributed by atoms with Gasteiger partial charge in [0.15, 0.2) is 5.11 Å². The van der Waals surface area contributed by atoms with Gasteiger partial charge in [-0.05, 0) is 43.5 Å². The van der Waals surface area contributed by atoms with Crippen molar-refractivity contribution in [1.82, 2.24) is 15.5 Å². The van der Waals surface area contributed by atoms with E-state index < -0.39 is 0 Å². The number of thiocarbonyl (C=S) groups is 1. The van der Waals surface area contributed by atoms with Crippen molar-refractivity contribution in [2.24, 2.45) is 0 Å². The number of carbonyl (C=O) groups is 1.